The molecule has 28 heavy (non-hydrogen) atoms. The Morgan fingerprint density at radius 1 is 1.18 bits per heavy atom. The molecular weight excluding hydrogens is 354 g/mol. The first-order chi connectivity index (χ1) is 13.6. The molecule has 1 fully saturated rings. The molecule has 0 spiro atoms. The van der Waals surface area contributed by atoms with Crippen LogP contribution >= 0.6 is 0 Å². The lowest BCUT2D eigenvalue weighted by Gasteiger charge is -2.36. The van der Waals surface area contributed by atoms with Gasteiger partial charge in [-0.2, -0.15) is 0 Å². The van der Waals surface area contributed by atoms with E-state index < -0.39 is 5.56 Å². The number of carbonyl (C=O) groups excluding carboxylic acids is 2. The highest BCUT2D eigenvalue weighted by atomic mass is 16.2. The summed E-state index contributed by atoms with van der Waals surface area (Å²) in [5.74, 6) is -0.313. The van der Waals surface area contributed by atoms with E-state index in [0.717, 1.165) is 18.4 Å². The molecule has 1 saturated heterocycles. The number of carbonyl (C=O) groups is 2. The highest BCUT2D eigenvalue weighted by molar-refractivity contribution is 6.01. The zero-order chi connectivity index (χ0) is 19.7. The zero-order valence-corrected chi connectivity index (χ0v) is 16.1. The summed E-state index contributed by atoms with van der Waals surface area (Å²) in [5, 5.41) is 3.34. The lowest BCUT2D eigenvalue weighted by atomic mass is 9.93. The smallest absolute Gasteiger partial charge is 0.261 e. The highest BCUT2D eigenvalue weighted by Gasteiger charge is 2.31. The molecule has 1 atom stereocenters. The minimum Gasteiger partial charge on any atom is -0.329 e. The number of Topliss-reactive ketones (excluding diaryl/α,β-unsaturated/α-hetero) is 1. The fourth-order valence-corrected chi connectivity index (χ4v) is 4.11. The summed E-state index contributed by atoms with van der Waals surface area (Å²) in [7, 11) is 0. The number of ketones is 1. The van der Waals surface area contributed by atoms with Crippen molar-refractivity contribution in [2.24, 2.45) is 0 Å². The molecule has 1 aromatic heterocycles. The van der Waals surface area contributed by atoms with E-state index in [-0.39, 0.29) is 23.3 Å². The first-order valence-corrected chi connectivity index (χ1v) is 9.98. The predicted molar refractivity (Wildman–Crippen MR) is 107 cm³/mol. The van der Waals surface area contributed by atoms with Gasteiger partial charge >= 0.3 is 0 Å². The van der Waals surface area contributed by atoms with Crippen molar-refractivity contribution < 1.29 is 9.59 Å². The van der Waals surface area contributed by atoms with Crippen LogP contribution in [0.15, 0.2) is 35.1 Å². The fraction of sp³-hybridized carbons (Fsp3) is 0.409. The molecule has 1 aromatic carbocycles. The van der Waals surface area contributed by atoms with Crippen molar-refractivity contribution in [2.45, 2.75) is 38.6 Å². The summed E-state index contributed by atoms with van der Waals surface area (Å²) >= 11 is 0. The van der Waals surface area contributed by atoms with Gasteiger partial charge in [0.05, 0.1) is 6.04 Å². The van der Waals surface area contributed by atoms with Crippen LogP contribution in [-0.2, 0) is 12.8 Å². The maximum atomic E-state index is 13.3. The first-order valence-electron chi connectivity index (χ1n) is 9.98. The van der Waals surface area contributed by atoms with E-state index in [2.05, 4.69) is 41.5 Å². The van der Waals surface area contributed by atoms with E-state index in [9.17, 15) is 14.4 Å². The standard InChI is InChI=1S/C22H25N3O3/c1-2-14-6-8-15(9-7-14)19-13-23-10-11-25(19)22(28)17-12-16-18(24-21(17)27)4-3-5-20(16)26/h6-9,12,19,23H,2-5,10-11,13H2,1H3,(H,24,27). The van der Waals surface area contributed by atoms with Crippen LogP contribution in [0.5, 0.6) is 0 Å². The average Bonchev–Trinajstić information content (AvgIpc) is 2.73. The fourth-order valence-electron chi connectivity index (χ4n) is 4.11. The van der Waals surface area contributed by atoms with E-state index in [1.807, 2.05) is 0 Å². The summed E-state index contributed by atoms with van der Waals surface area (Å²) in [6.45, 7) is 3.94. The van der Waals surface area contributed by atoms with Crippen molar-refractivity contribution in [3.8, 4) is 0 Å². The van der Waals surface area contributed by atoms with Gasteiger partial charge in [-0.05, 0) is 36.5 Å². The Morgan fingerprint density at radius 3 is 2.71 bits per heavy atom. The van der Waals surface area contributed by atoms with Crippen LogP contribution in [0, 0.1) is 0 Å². The molecule has 0 saturated carbocycles. The molecule has 0 radical (unpaired) electrons. The summed E-state index contributed by atoms with van der Waals surface area (Å²) in [4.78, 5) is 42.6. The summed E-state index contributed by atoms with van der Waals surface area (Å²) in [6, 6.07) is 9.64. The van der Waals surface area contributed by atoms with Gasteiger partial charge in [0.15, 0.2) is 5.78 Å². The largest absolute Gasteiger partial charge is 0.329 e. The van der Waals surface area contributed by atoms with Gasteiger partial charge in [-0.3, -0.25) is 14.4 Å². The van der Waals surface area contributed by atoms with Gasteiger partial charge in [0.25, 0.3) is 11.5 Å². The Balaban J connectivity index is 1.68. The number of aromatic nitrogens is 1. The number of H-pyrrole nitrogens is 1. The van der Waals surface area contributed by atoms with E-state index in [4.69, 9.17) is 0 Å². The van der Waals surface area contributed by atoms with Crippen molar-refractivity contribution in [1.82, 2.24) is 15.2 Å². The van der Waals surface area contributed by atoms with Crippen molar-refractivity contribution >= 4 is 11.7 Å². The van der Waals surface area contributed by atoms with Gasteiger partial charge in [0.1, 0.15) is 5.56 Å². The number of nitrogens with zero attached hydrogens (tertiary/aromatic N) is 1. The first kappa shape index (κ1) is 18.6. The molecule has 1 aliphatic carbocycles. The van der Waals surface area contributed by atoms with E-state index >= 15 is 0 Å². The number of amides is 1. The summed E-state index contributed by atoms with van der Waals surface area (Å²) in [6.07, 6.45) is 2.84. The molecule has 146 valence electrons. The Bertz CT molecular complexity index is 962. The molecule has 6 nitrogen and oxygen atoms in total. The highest BCUT2D eigenvalue weighted by Crippen LogP contribution is 2.25. The normalized spacial score (nSPS) is 19.4. The Labute approximate surface area is 164 Å². The van der Waals surface area contributed by atoms with Crippen LogP contribution in [0.2, 0.25) is 0 Å². The number of benzene rings is 1. The molecule has 1 unspecified atom stereocenters. The van der Waals surface area contributed by atoms with Gasteiger partial charge < -0.3 is 15.2 Å². The average molecular weight is 379 g/mol. The second-order valence-corrected chi connectivity index (χ2v) is 7.49. The Hall–Kier alpha value is -2.73. The summed E-state index contributed by atoms with van der Waals surface area (Å²) < 4.78 is 0. The topological polar surface area (TPSA) is 82.3 Å². The van der Waals surface area contributed by atoms with Crippen LogP contribution in [0.1, 0.15) is 63.3 Å². The molecule has 2 aliphatic rings. The molecule has 6 heteroatoms. The van der Waals surface area contributed by atoms with Crippen molar-refractivity contribution in [3.63, 3.8) is 0 Å². The van der Waals surface area contributed by atoms with Gasteiger partial charge in [-0.25, -0.2) is 0 Å². The molecule has 2 aromatic rings. The monoisotopic (exact) mass is 379 g/mol. The molecule has 2 heterocycles. The molecule has 1 amide bonds. The number of piperazine rings is 1. The van der Waals surface area contributed by atoms with Crippen LogP contribution in [0.25, 0.3) is 0 Å². The van der Waals surface area contributed by atoms with Gasteiger partial charge in [-0.1, -0.05) is 31.2 Å². The summed E-state index contributed by atoms with van der Waals surface area (Å²) in [5.41, 5.74) is 3.10. The van der Waals surface area contributed by atoms with Gasteiger partial charge in [-0.15, -0.1) is 0 Å². The van der Waals surface area contributed by atoms with Crippen molar-refractivity contribution in [2.75, 3.05) is 19.6 Å². The van der Waals surface area contributed by atoms with E-state index in [1.165, 1.54) is 11.6 Å². The number of nitrogens with one attached hydrogen (secondary N) is 2. The number of hydrogen-bond acceptors (Lipinski definition) is 4. The van der Waals surface area contributed by atoms with E-state index in [1.54, 1.807) is 4.90 Å². The molecule has 4 rings (SSSR count). The second-order valence-electron chi connectivity index (χ2n) is 7.49. The molecule has 0 bridgehead atoms. The minimum atomic E-state index is -0.405. The predicted octanol–water partition coefficient (Wildman–Crippen LogP) is 2.24. The lowest BCUT2D eigenvalue weighted by Crippen LogP contribution is -2.49. The van der Waals surface area contributed by atoms with Crippen LogP contribution in [-0.4, -0.2) is 41.2 Å². The zero-order valence-electron chi connectivity index (χ0n) is 16.1. The number of aryl methyl sites for hydroxylation is 2. The molecular formula is C22H25N3O3. The quantitative estimate of drug-likeness (QED) is 0.857. The van der Waals surface area contributed by atoms with Crippen LogP contribution in [0.4, 0.5) is 0 Å². The second kappa shape index (κ2) is 7.72. The van der Waals surface area contributed by atoms with Crippen LogP contribution < -0.4 is 10.9 Å². The van der Waals surface area contributed by atoms with Crippen LogP contribution in [0.3, 0.4) is 0 Å². The van der Waals surface area contributed by atoms with Crippen molar-refractivity contribution in [3.05, 3.63) is 68.6 Å². The number of rotatable bonds is 3. The number of fused-ring (bicyclic) bond motifs is 1. The lowest BCUT2D eigenvalue weighted by molar-refractivity contribution is 0.0632. The third-order valence-corrected chi connectivity index (χ3v) is 5.76. The van der Waals surface area contributed by atoms with Crippen molar-refractivity contribution in [1.29, 1.82) is 0 Å². The Kier molecular flexibility index (Phi) is 5.13. The molecule has 1 aliphatic heterocycles. The van der Waals surface area contributed by atoms with E-state index in [0.29, 0.717) is 43.7 Å². The third-order valence-electron chi connectivity index (χ3n) is 5.76. The third kappa shape index (κ3) is 3.40. The number of pyridine rings is 1. The van der Waals surface area contributed by atoms with Gasteiger partial charge in [0, 0.05) is 37.3 Å². The van der Waals surface area contributed by atoms with Gasteiger partial charge in [0.2, 0.25) is 0 Å². The number of aromatic amines is 1. The minimum absolute atomic E-state index is 0.00133. The maximum Gasteiger partial charge on any atom is 0.261 e. The SMILES string of the molecule is CCc1ccc(C2CNCCN2C(=O)c2cc3c([nH]c2=O)CCCC3=O)cc1. The molecule has 2 N–H and O–H groups in total. The maximum absolute atomic E-state index is 13.3. The Morgan fingerprint density at radius 2 is 1.96 bits per heavy atom. The number of hydrogen-bond donors (Lipinski definition) is 2.